The number of benzene rings is 3. The fourth-order valence-corrected chi connectivity index (χ4v) is 4.66. The van der Waals surface area contributed by atoms with Gasteiger partial charge >= 0.3 is 0 Å². The number of para-hydroxylation sites is 2. The van der Waals surface area contributed by atoms with Crippen LogP contribution in [0.4, 0.5) is 5.69 Å². The Hall–Kier alpha value is -4.59. The van der Waals surface area contributed by atoms with Crippen LogP contribution in [0.3, 0.4) is 0 Å². The Morgan fingerprint density at radius 1 is 0.974 bits per heavy atom. The third-order valence-corrected chi connectivity index (χ3v) is 7.14. The second kappa shape index (κ2) is 10.6. The van der Waals surface area contributed by atoms with E-state index in [0.29, 0.717) is 16.8 Å². The fourth-order valence-electron chi connectivity index (χ4n) is 4.66. The lowest BCUT2D eigenvalue weighted by atomic mass is 9.97. The highest BCUT2D eigenvalue weighted by Crippen LogP contribution is 2.33. The highest BCUT2D eigenvalue weighted by atomic mass is 16.2. The number of aromatic nitrogens is 4. The van der Waals surface area contributed by atoms with Gasteiger partial charge in [-0.25, -0.2) is 4.68 Å². The van der Waals surface area contributed by atoms with Crippen molar-refractivity contribution < 1.29 is 9.59 Å². The van der Waals surface area contributed by atoms with Crippen molar-refractivity contribution in [2.45, 2.75) is 52.2 Å². The smallest absolute Gasteiger partial charge is 0.249 e. The molecule has 1 N–H and O–H groups in total. The summed E-state index contributed by atoms with van der Waals surface area (Å²) in [6.07, 6.45) is 2.47. The van der Waals surface area contributed by atoms with Crippen molar-refractivity contribution in [3.8, 4) is 0 Å². The van der Waals surface area contributed by atoms with E-state index >= 15 is 0 Å². The van der Waals surface area contributed by atoms with E-state index in [1.54, 1.807) is 15.8 Å². The monoisotopic (exact) mass is 520 g/mol. The third-order valence-electron chi connectivity index (χ3n) is 7.14. The first-order valence-electron chi connectivity index (χ1n) is 13.1. The first-order valence-corrected chi connectivity index (χ1v) is 13.1. The van der Waals surface area contributed by atoms with Crippen LogP contribution in [0.25, 0.3) is 21.9 Å². The summed E-state index contributed by atoms with van der Waals surface area (Å²) >= 11 is 0. The van der Waals surface area contributed by atoms with Crippen LogP contribution in [0.1, 0.15) is 44.4 Å². The maximum atomic E-state index is 14.3. The number of carbonyl (C=O) groups is 2. The zero-order chi connectivity index (χ0) is 27.6. The van der Waals surface area contributed by atoms with E-state index in [1.165, 1.54) is 0 Å². The Morgan fingerprint density at radius 2 is 1.74 bits per heavy atom. The van der Waals surface area contributed by atoms with Gasteiger partial charge in [0.1, 0.15) is 18.1 Å². The van der Waals surface area contributed by atoms with E-state index in [2.05, 4.69) is 20.6 Å². The lowest BCUT2D eigenvalue weighted by Gasteiger charge is -2.35. The van der Waals surface area contributed by atoms with Crippen LogP contribution in [0.2, 0.25) is 0 Å². The van der Waals surface area contributed by atoms with E-state index in [-0.39, 0.29) is 18.4 Å². The number of hydrogen-bond acceptors (Lipinski definition) is 5. The summed E-state index contributed by atoms with van der Waals surface area (Å²) in [5.41, 5.74) is 4.04. The van der Waals surface area contributed by atoms with Crippen molar-refractivity contribution in [2.24, 2.45) is 0 Å². The van der Waals surface area contributed by atoms with Gasteiger partial charge in [0, 0.05) is 22.8 Å². The zero-order valence-corrected chi connectivity index (χ0v) is 22.6. The predicted molar refractivity (Wildman–Crippen MR) is 153 cm³/mol. The second-order valence-electron chi connectivity index (χ2n) is 10.4. The standard InChI is InChI=1S/C31H32N6O2/c1-5-31(3,4)33-30(39)29(23-16-17-24-22(19-23)12-10-18-32-24)37(26-14-8-6-11-21(26)2)28(38)20-36-27-15-9-7-13-25(27)34-35-36/h6-19,29H,5,20H2,1-4H3,(H,33,39). The molecule has 1 unspecified atom stereocenters. The topological polar surface area (TPSA) is 93.0 Å². The molecule has 2 aromatic heterocycles. The first-order chi connectivity index (χ1) is 18.8. The molecule has 1 atom stereocenters. The molecule has 0 spiro atoms. The van der Waals surface area contributed by atoms with Gasteiger partial charge in [-0.15, -0.1) is 5.10 Å². The molecule has 2 heterocycles. The van der Waals surface area contributed by atoms with E-state index in [4.69, 9.17) is 0 Å². The van der Waals surface area contributed by atoms with Gasteiger partial charge in [-0.3, -0.25) is 19.5 Å². The molecule has 8 heteroatoms. The van der Waals surface area contributed by atoms with Crippen LogP contribution in [0.5, 0.6) is 0 Å². The lowest BCUT2D eigenvalue weighted by Crippen LogP contribution is -2.51. The number of pyridine rings is 1. The van der Waals surface area contributed by atoms with Crippen LogP contribution in [0, 0.1) is 6.92 Å². The Labute approximate surface area is 227 Å². The number of aryl methyl sites for hydroxylation is 1. The molecule has 0 fully saturated rings. The van der Waals surface area contributed by atoms with Gasteiger partial charge in [0.15, 0.2) is 0 Å². The summed E-state index contributed by atoms with van der Waals surface area (Å²) < 4.78 is 1.58. The van der Waals surface area contributed by atoms with Crippen molar-refractivity contribution in [1.82, 2.24) is 25.3 Å². The molecule has 0 bridgehead atoms. The molecular formula is C31H32N6O2. The van der Waals surface area contributed by atoms with Crippen molar-refractivity contribution >= 4 is 39.4 Å². The van der Waals surface area contributed by atoms with Gasteiger partial charge in [0.25, 0.3) is 0 Å². The van der Waals surface area contributed by atoms with Gasteiger partial charge in [-0.05, 0) is 74.7 Å². The summed E-state index contributed by atoms with van der Waals surface area (Å²) in [6, 6.07) is 23.7. The van der Waals surface area contributed by atoms with Gasteiger partial charge in [0.2, 0.25) is 11.8 Å². The average molecular weight is 521 g/mol. The minimum absolute atomic E-state index is 0.0784. The normalized spacial score (nSPS) is 12.4. The molecule has 0 saturated carbocycles. The third kappa shape index (κ3) is 5.36. The van der Waals surface area contributed by atoms with Gasteiger partial charge in [0.05, 0.1) is 11.0 Å². The molecule has 2 amide bonds. The number of fused-ring (bicyclic) bond motifs is 2. The number of hydrogen-bond donors (Lipinski definition) is 1. The zero-order valence-electron chi connectivity index (χ0n) is 22.6. The number of carbonyl (C=O) groups excluding carboxylic acids is 2. The van der Waals surface area contributed by atoms with Gasteiger partial charge in [-0.1, -0.05) is 54.6 Å². The number of anilines is 1. The van der Waals surface area contributed by atoms with Crippen LogP contribution < -0.4 is 10.2 Å². The SMILES string of the molecule is CCC(C)(C)NC(=O)C(c1ccc2ncccc2c1)N(C(=O)Cn1nnc2ccccc21)c1ccccc1C. The molecular weight excluding hydrogens is 488 g/mol. The maximum absolute atomic E-state index is 14.3. The van der Waals surface area contributed by atoms with E-state index in [1.807, 2.05) is 107 Å². The Kier molecular flexibility index (Phi) is 7.11. The molecule has 5 aromatic rings. The molecule has 39 heavy (non-hydrogen) atoms. The van der Waals surface area contributed by atoms with E-state index < -0.39 is 11.6 Å². The number of nitrogens with zero attached hydrogens (tertiary/aromatic N) is 5. The van der Waals surface area contributed by atoms with Gasteiger partial charge < -0.3 is 5.32 Å². The molecule has 0 aliphatic carbocycles. The number of nitrogens with one attached hydrogen (secondary N) is 1. The van der Waals surface area contributed by atoms with Crippen molar-refractivity contribution in [3.63, 3.8) is 0 Å². The first kappa shape index (κ1) is 26.0. The summed E-state index contributed by atoms with van der Waals surface area (Å²) in [5.74, 6) is -0.536. The number of rotatable bonds is 8. The quantitative estimate of drug-likeness (QED) is 0.297. The fraction of sp³-hybridized carbons (Fsp3) is 0.258. The van der Waals surface area contributed by atoms with Crippen LogP contribution in [-0.4, -0.2) is 37.3 Å². The molecule has 3 aromatic carbocycles. The maximum Gasteiger partial charge on any atom is 0.249 e. The van der Waals surface area contributed by atoms with Crippen molar-refractivity contribution in [2.75, 3.05) is 4.90 Å². The summed E-state index contributed by atoms with van der Waals surface area (Å²) in [4.78, 5) is 34.4. The van der Waals surface area contributed by atoms with Crippen LogP contribution >= 0.6 is 0 Å². The van der Waals surface area contributed by atoms with E-state index in [9.17, 15) is 9.59 Å². The van der Waals surface area contributed by atoms with Crippen LogP contribution in [-0.2, 0) is 16.1 Å². The molecule has 0 radical (unpaired) electrons. The molecule has 8 nitrogen and oxygen atoms in total. The largest absolute Gasteiger partial charge is 0.349 e. The molecule has 0 aliphatic heterocycles. The second-order valence-corrected chi connectivity index (χ2v) is 10.4. The molecule has 0 saturated heterocycles. The highest BCUT2D eigenvalue weighted by Gasteiger charge is 2.36. The van der Waals surface area contributed by atoms with Crippen molar-refractivity contribution in [1.29, 1.82) is 0 Å². The summed E-state index contributed by atoms with van der Waals surface area (Å²) in [6.45, 7) is 7.85. The van der Waals surface area contributed by atoms with Gasteiger partial charge in [-0.2, -0.15) is 0 Å². The predicted octanol–water partition coefficient (Wildman–Crippen LogP) is 5.37. The Bertz CT molecular complexity index is 1660. The number of amides is 2. The van der Waals surface area contributed by atoms with Crippen LogP contribution in [0.15, 0.2) is 85.1 Å². The average Bonchev–Trinajstić information content (AvgIpc) is 3.34. The van der Waals surface area contributed by atoms with Crippen molar-refractivity contribution in [3.05, 3.63) is 96.2 Å². The minimum Gasteiger partial charge on any atom is -0.349 e. The highest BCUT2D eigenvalue weighted by molar-refractivity contribution is 6.02. The molecule has 0 aliphatic rings. The van der Waals surface area contributed by atoms with E-state index in [0.717, 1.165) is 28.4 Å². The summed E-state index contributed by atoms with van der Waals surface area (Å²) in [5, 5.41) is 12.5. The minimum atomic E-state index is -0.927. The lowest BCUT2D eigenvalue weighted by molar-refractivity contribution is -0.128. The summed E-state index contributed by atoms with van der Waals surface area (Å²) in [7, 11) is 0. The molecule has 198 valence electrons. The Morgan fingerprint density at radius 3 is 2.54 bits per heavy atom. The Balaban J connectivity index is 1.66. The molecule has 5 rings (SSSR count).